The summed E-state index contributed by atoms with van der Waals surface area (Å²) in [6, 6.07) is 75.1. The van der Waals surface area contributed by atoms with Gasteiger partial charge < -0.3 is 9.52 Å². The topological polar surface area (TPSA) is 64.1 Å². The largest absolute Gasteiger partial charge is 0.507 e. The first kappa shape index (κ1) is 45.8. The second-order valence-corrected chi connectivity index (χ2v) is 22.0. The molecule has 5 nitrogen and oxygen atoms in total. The number of rotatable bonds is 7. The molecule has 0 aliphatic carbocycles. The standard InChI is InChI=1S/C70H55N3O2/c1-69(2,3)52-39-50(38-51(40-52)60-42-48(35-36-71-60)45-21-14-9-15-22-45)54-23-16-24-62-65(54)72-68(73(62)61-33-27-47(41-59(61)70(4,5)6)44-19-12-8-13-20-44)64-63(74)34-32-58-57-31-30-55-53-28-25-46(43-17-10-7-11-18-43)37-49(53)26-29-56(55)66(57)75-67(58)64/h7-42,74H,1-6H3. The first-order chi connectivity index (χ1) is 36.4. The Bertz CT molecular complexity index is 4360. The zero-order valence-electron chi connectivity index (χ0n) is 43.0. The van der Waals surface area contributed by atoms with E-state index >= 15 is 0 Å². The maximum atomic E-state index is 12.4. The minimum atomic E-state index is -0.292. The number of para-hydroxylation sites is 1. The highest BCUT2D eigenvalue weighted by atomic mass is 16.3. The van der Waals surface area contributed by atoms with Crippen LogP contribution in [0.1, 0.15) is 52.7 Å². The van der Waals surface area contributed by atoms with Crippen molar-refractivity contribution in [2.75, 3.05) is 0 Å². The molecule has 0 radical (unpaired) electrons. The van der Waals surface area contributed by atoms with Crippen LogP contribution in [0.15, 0.2) is 223 Å². The molecule has 0 saturated heterocycles. The van der Waals surface area contributed by atoms with Gasteiger partial charge in [-0.3, -0.25) is 9.55 Å². The number of hydrogen-bond acceptors (Lipinski definition) is 4. The van der Waals surface area contributed by atoms with Crippen molar-refractivity contribution in [1.82, 2.24) is 14.5 Å². The molecule has 0 spiro atoms. The molecule has 5 heteroatoms. The zero-order valence-corrected chi connectivity index (χ0v) is 43.0. The van der Waals surface area contributed by atoms with Gasteiger partial charge in [0.25, 0.3) is 0 Å². The Kier molecular flexibility index (Phi) is 10.7. The van der Waals surface area contributed by atoms with Crippen LogP contribution in [-0.2, 0) is 10.8 Å². The van der Waals surface area contributed by atoms with Gasteiger partial charge in [0.1, 0.15) is 22.5 Å². The minimum Gasteiger partial charge on any atom is -0.507 e. The number of fused-ring (bicyclic) bond motifs is 8. The number of imidazole rings is 1. The van der Waals surface area contributed by atoms with E-state index in [2.05, 4.69) is 240 Å². The maximum Gasteiger partial charge on any atom is 0.153 e. The lowest BCUT2D eigenvalue weighted by molar-refractivity contribution is 0.476. The van der Waals surface area contributed by atoms with Crippen molar-refractivity contribution in [3.8, 4) is 78.6 Å². The fraction of sp³-hybridized carbons (Fsp3) is 0.114. The number of phenolic OH excluding ortho intramolecular Hbond substituents is 1. The number of furan rings is 1. The number of pyridine rings is 1. The molecule has 0 atom stereocenters. The second-order valence-electron chi connectivity index (χ2n) is 22.0. The molecule has 0 saturated carbocycles. The number of benzene rings is 10. The summed E-state index contributed by atoms with van der Waals surface area (Å²) in [6.07, 6.45) is 1.91. The number of aromatic hydroxyl groups is 1. The van der Waals surface area contributed by atoms with Gasteiger partial charge in [-0.05, 0) is 150 Å². The third-order valence-electron chi connectivity index (χ3n) is 15.0. The van der Waals surface area contributed by atoms with Crippen molar-refractivity contribution >= 4 is 54.5 Å². The predicted molar refractivity (Wildman–Crippen MR) is 313 cm³/mol. The van der Waals surface area contributed by atoms with Gasteiger partial charge in [0.2, 0.25) is 0 Å². The van der Waals surface area contributed by atoms with Gasteiger partial charge in [0.15, 0.2) is 5.82 Å². The number of phenols is 1. The summed E-state index contributed by atoms with van der Waals surface area (Å²) in [7, 11) is 0. The number of nitrogens with zero attached hydrogens (tertiary/aromatic N) is 3. The summed E-state index contributed by atoms with van der Waals surface area (Å²) in [5.74, 6) is 0.674. The summed E-state index contributed by atoms with van der Waals surface area (Å²) in [6.45, 7) is 13.6. The van der Waals surface area contributed by atoms with Crippen LogP contribution in [-0.4, -0.2) is 19.6 Å². The van der Waals surface area contributed by atoms with Gasteiger partial charge in [-0.15, -0.1) is 0 Å². The molecule has 0 bridgehead atoms. The summed E-state index contributed by atoms with van der Waals surface area (Å²) in [4.78, 5) is 10.7. The quantitative estimate of drug-likeness (QED) is 0.162. The first-order valence-corrected chi connectivity index (χ1v) is 25.8. The highest BCUT2D eigenvalue weighted by molar-refractivity contribution is 6.22. The fourth-order valence-electron chi connectivity index (χ4n) is 11.1. The maximum absolute atomic E-state index is 12.4. The Morgan fingerprint density at radius 2 is 1.03 bits per heavy atom. The molecular formula is C70H55N3O2. The average molecular weight is 970 g/mol. The minimum absolute atomic E-state index is 0.0856. The third-order valence-corrected chi connectivity index (χ3v) is 15.0. The van der Waals surface area contributed by atoms with Crippen molar-refractivity contribution < 1.29 is 9.52 Å². The van der Waals surface area contributed by atoms with Crippen molar-refractivity contribution in [2.24, 2.45) is 0 Å². The SMILES string of the molecule is CC(C)(C)c1cc(-c2cc(-c3ccccc3)ccn2)cc(-c2cccc3c2nc(-c2c(O)ccc4c2oc2c4ccc4c5ccc(-c6ccccc6)cc5ccc42)n3-c2ccc(-c3ccccc3)cc2C(C)(C)C)c1. The van der Waals surface area contributed by atoms with Crippen molar-refractivity contribution in [3.05, 3.63) is 230 Å². The molecule has 362 valence electrons. The van der Waals surface area contributed by atoms with E-state index in [-0.39, 0.29) is 16.6 Å². The second kappa shape index (κ2) is 17.6. The molecule has 0 aliphatic rings. The molecule has 1 N–H and O–H groups in total. The number of aromatic nitrogens is 3. The molecular weight excluding hydrogens is 915 g/mol. The number of hydrogen-bond donors (Lipinski definition) is 1. The van der Waals surface area contributed by atoms with Crippen LogP contribution in [0.3, 0.4) is 0 Å². The molecule has 0 fully saturated rings. The van der Waals surface area contributed by atoms with E-state index in [0.717, 1.165) is 105 Å². The summed E-state index contributed by atoms with van der Waals surface area (Å²) < 4.78 is 9.44. The van der Waals surface area contributed by atoms with Gasteiger partial charge in [0, 0.05) is 33.5 Å². The van der Waals surface area contributed by atoms with Gasteiger partial charge >= 0.3 is 0 Å². The Labute approximate surface area is 437 Å². The molecule has 75 heavy (non-hydrogen) atoms. The Morgan fingerprint density at radius 1 is 0.440 bits per heavy atom. The Balaban J connectivity index is 1.06. The summed E-state index contributed by atoms with van der Waals surface area (Å²) in [5.41, 5.74) is 17.3. The van der Waals surface area contributed by atoms with Crippen LogP contribution in [0.2, 0.25) is 0 Å². The molecule has 3 aromatic heterocycles. The smallest absolute Gasteiger partial charge is 0.153 e. The van der Waals surface area contributed by atoms with E-state index in [1.54, 1.807) is 6.07 Å². The lowest BCUT2D eigenvalue weighted by Gasteiger charge is -2.26. The van der Waals surface area contributed by atoms with Gasteiger partial charge in [0.05, 0.1) is 22.4 Å². The van der Waals surface area contributed by atoms with Gasteiger partial charge in [-0.1, -0.05) is 181 Å². The molecule has 10 aromatic carbocycles. The Hall–Kier alpha value is -9.06. The van der Waals surface area contributed by atoms with E-state index < -0.39 is 0 Å². The zero-order chi connectivity index (χ0) is 51.2. The third kappa shape index (κ3) is 7.95. The lowest BCUT2D eigenvalue weighted by Crippen LogP contribution is -2.16. The van der Waals surface area contributed by atoms with E-state index in [1.165, 1.54) is 16.7 Å². The molecule has 0 unspecified atom stereocenters. The summed E-state index contributed by atoms with van der Waals surface area (Å²) in [5, 5.41) is 18.7. The lowest BCUT2D eigenvalue weighted by atomic mass is 9.83. The van der Waals surface area contributed by atoms with Crippen molar-refractivity contribution in [3.63, 3.8) is 0 Å². The highest BCUT2D eigenvalue weighted by Gasteiger charge is 2.29. The molecule has 13 rings (SSSR count). The highest BCUT2D eigenvalue weighted by Crippen LogP contribution is 2.47. The van der Waals surface area contributed by atoms with Crippen molar-refractivity contribution in [1.29, 1.82) is 0 Å². The van der Waals surface area contributed by atoms with Crippen LogP contribution in [0.25, 0.3) is 127 Å². The molecule has 13 aromatic rings. The van der Waals surface area contributed by atoms with Crippen LogP contribution in [0.5, 0.6) is 5.75 Å². The van der Waals surface area contributed by atoms with Crippen LogP contribution >= 0.6 is 0 Å². The molecule has 0 amide bonds. The first-order valence-electron chi connectivity index (χ1n) is 25.8. The monoisotopic (exact) mass is 969 g/mol. The Morgan fingerprint density at radius 3 is 1.72 bits per heavy atom. The van der Waals surface area contributed by atoms with E-state index in [4.69, 9.17) is 14.4 Å². The van der Waals surface area contributed by atoms with Crippen molar-refractivity contribution in [2.45, 2.75) is 52.4 Å². The van der Waals surface area contributed by atoms with Crippen LogP contribution in [0, 0.1) is 0 Å². The van der Waals surface area contributed by atoms with Crippen LogP contribution in [0.4, 0.5) is 0 Å². The van der Waals surface area contributed by atoms with E-state index in [1.807, 2.05) is 18.3 Å². The van der Waals surface area contributed by atoms with Crippen LogP contribution < -0.4 is 0 Å². The average Bonchev–Trinajstić information content (AvgIpc) is 4.02. The predicted octanol–water partition coefficient (Wildman–Crippen LogP) is 18.9. The molecule has 3 heterocycles. The van der Waals surface area contributed by atoms with Gasteiger partial charge in [-0.2, -0.15) is 0 Å². The van der Waals surface area contributed by atoms with Gasteiger partial charge in [-0.25, -0.2) is 4.98 Å². The van der Waals surface area contributed by atoms with E-state index in [0.29, 0.717) is 17.0 Å². The fourth-order valence-corrected chi connectivity index (χ4v) is 11.1. The normalized spacial score (nSPS) is 12.2. The summed E-state index contributed by atoms with van der Waals surface area (Å²) >= 11 is 0. The molecule has 0 aliphatic heterocycles. The van der Waals surface area contributed by atoms with E-state index in [9.17, 15) is 5.11 Å².